The van der Waals surface area contributed by atoms with Crippen LogP contribution in [0.3, 0.4) is 0 Å². The summed E-state index contributed by atoms with van der Waals surface area (Å²) in [5.41, 5.74) is 9.76. The second-order valence-corrected chi connectivity index (χ2v) is 9.43. The molecule has 0 saturated heterocycles. The first-order chi connectivity index (χ1) is 18.7. The number of rotatable bonds is 16. The lowest BCUT2D eigenvalue weighted by Crippen LogP contribution is -2.27. The van der Waals surface area contributed by atoms with Crippen LogP contribution in [0.15, 0.2) is 71.0 Å². The van der Waals surface area contributed by atoms with E-state index in [0.29, 0.717) is 35.3 Å². The average Bonchev–Trinajstić information content (AvgIpc) is 2.94. The Hall–Kier alpha value is -2.78. The third-order valence-corrected chi connectivity index (χ3v) is 6.04. The monoisotopic (exact) mass is 594 g/mol. The summed E-state index contributed by atoms with van der Waals surface area (Å²) in [6.45, 7) is 2.97. The molecular formula is C26H30Cl4N8. The molecule has 3 aromatic rings. The van der Waals surface area contributed by atoms with Crippen molar-refractivity contribution in [3.63, 3.8) is 0 Å². The van der Waals surface area contributed by atoms with Crippen molar-refractivity contribution in [1.82, 2.24) is 9.97 Å². The molecule has 0 bridgehead atoms. The van der Waals surface area contributed by atoms with E-state index in [1.807, 2.05) is 48.5 Å². The van der Waals surface area contributed by atoms with Crippen LogP contribution < -0.4 is 20.7 Å². The van der Waals surface area contributed by atoms with Gasteiger partial charge < -0.3 is 9.80 Å². The number of anilines is 4. The molecule has 12 heteroatoms. The Morgan fingerprint density at radius 3 is 1.53 bits per heavy atom. The zero-order valence-corrected chi connectivity index (χ0v) is 23.8. The van der Waals surface area contributed by atoms with Crippen molar-refractivity contribution in [1.29, 1.82) is 0 Å². The minimum absolute atomic E-state index is 0.344. The van der Waals surface area contributed by atoms with Crippen LogP contribution >= 0.6 is 46.4 Å². The molecule has 0 atom stereocenters. The SMILES string of the molecule is ClCCN(CCCl)c1ccc(/C=N/Nc2ccnc(N/N=C/c3ccc(N(CCCl)CCCl)cc3)n2)cc1. The molecule has 0 spiro atoms. The molecule has 8 nitrogen and oxygen atoms in total. The third-order valence-electron chi connectivity index (χ3n) is 5.36. The van der Waals surface area contributed by atoms with E-state index in [2.05, 4.69) is 40.8 Å². The molecule has 0 radical (unpaired) electrons. The van der Waals surface area contributed by atoms with Gasteiger partial charge in [0.05, 0.1) is 12.4 Å². The van der Waals surface area contributed by atoms with Crippen molar-refractivity contribution < 1.29 is 0 Å². The second kappa shape index (κ2) is 16.9. The third kappa shape index (κ3) is 9.83. The number of benzene rings is 2. The molecule has 0 fully saturated rings. The maximum Gasteiger partial charge on any atom is 0.245 e. The van der Waals surface area contributed by atoms with Crippen molar-refractivity contribution in [2.45, 2.75) is 0 Å². The van der Waals surface area contributed by atoms with E-state index in [1.54, 1.807) is 24.7 Å². The Kier molecular flexibility index (Phi) is 13.3. The van der Waals surface area contributed by atoms with Gasteiger partial charge in [-0.15, -0.1) is 46.4 Å². The Balaban J connectivity index is 1.52. The van der Waals surface area contributed by atoms with Gasteiger partial charge in [0.25, 0.3) is 0 Å². The van der Waals surface area contributed by atoms with Crippen LogP contribution in [0.2, 0.25) is 0 Å². The first-order valence-electron chi connectivity index (χ1n) is 12.0. The van der Waals surface area contributed by atoms with Crippen LogP contribution in [0.4, 0.5) is 23.1 Å². The van der Waals surface area contributed by atoms with Crippen LogP contribution in [0.1, 0.15) is 11.1 Å². The summed E-state index contributed by atoms with van der Waals surface area (Å²) in [6, 6.07) is 17.7. The minimum Gasteiger partial charge on any atom is -0.369 e. The fraction of sp³-hybridized carbons (Fsp3) is 0.308. The molecular weight excluding hydrogens is 566 g/mol. The van der Waals surface area contributed by atoms with Gasteiger partial charge in [0, 0.05) is 73.3 Å². The zero-order valence-electron chi connectivity index (χ0n) is 20.8. The molecule has 1 heterocycles. The molecule has 202 valence electrons. The van der Waals surface area contributed by atoms with E-state index in [4.69, 9.17) is 46.4 Å². The quantitative estimate of drug-likeness (QED) is 0.121. The summed E-state index contributed by atoms with van der Waals surface area (Å²) in [5, 5.41) is 8.50. The van der Waals surface area contributed by atoms with Gasteiger partial charge in [-0.3, -0.25) is 5.43 Å². The number of alkyl halides is 4. The summed E-state index contributed by atoms with van der Waals surface area (Å²) in [7, 11) is 0. The number of nitrogens with zero attached hydrogens (tertiary/aromatic N) is 6. The van der Waals surface area contributed by atoms with Crippen LogP contribution in [-0.4, -0.2) is 72.1 Å². The highest BCUT2D eigenvalue weighted by Crippen LogP contribution is 2.16. The van der Waals surface area contributed by atoms with E-state index >= 15 is 0 Å². The minimum atomic E-state index is 0.344. The van der Waals surface area contributed by atoms with Crippen molar-refractivity contribution in [2.75, 3.05) is 70.4 Å². The molecule has 0 unspecified atom stereocenters. The lowest BCUT2D eigenvalue weighted by Gasteiger charge is -2.22. The topological polar surface area (TPSA) is 81.0 Å². The van der Waals surface area contributed by atoms with Gasteiger partial charge >= 0.3 is 0 Å². The Labute approximate surface area is 243 Å². The van der Waals surface area contributed by atoms with Crippen LogP contribution in [-0.2, 0) is 0 Å². The summed E-state index contributed by atoms with van der Waals surface area (Å²) < 4.78 is 0. The van der Waals surface area contributed by atoms with Crippen molar-refractivity contribution in [3.8, 4) is 0 Å². The average molecular weight is 596 g/mol. The van der Waals surface area contributed by atoms with Gasteiger partial charge in [-0.25, -0.2) is 10.4 Å². The number of hydrazone groups is 2. The van der Waals surface area contributed by atoms with Crippen LogP contribution in [0.5, 0.6) is 0 Å². The van der Waals surface area contributed by atoms with Gasteiger partial charge in [-0.2, -0.15) is 15.2 Å². The lowest BCUT2D eigenvalue weighted by molar-refractivity contribution is 0.874. The summed E-state index contributed by atoms with van der Waals surface area (Å²) in [6.07, 6.45) is 5.04. The second-order valence-electron chi connectivity index (χ2n) is 7.92. The predicted molar refractivity (Wildman–Crippen MR) is 165 cm³/mol. The largest absolute Gasteiger partial charge is 0.369 e. The zero-order chi connectivity index (χ0) is 27.0. The Bertz CT molecular complexity index is 1040. The number of hydrogen-bond acceptors (Lipinski definition) is 8. The van der Waals surface area contributed by atoms with Crippen LogP contribution in [0, 0.1) is 0 Å². The van der Waals surface area contributed by atoms with Crippen molar-refractivity contribution in [3.05, 3.63) is 71.9 Å². The van der Waals surface area contributed by atoms with Gasteiger partial charge in [-0.1, -0.05) is 24.3 Å². The van der Waals surface area contributed by atoms with E-state index in [1.165, 1.54) is 0 Å². The molecule has 3 rings (SSSR count). The smallest absolute Gasteiger partial charge is 0.245 e. The maximum absolute atomic E-state index is 5.89. The maximum atomic E-state index is 5.89. The molecule has 2 aromatic carbocycles. The predicted octanol–water partition coefficient (Wildman–Crippen LogP) is 5.94. The summed E-state index contributed by atoms with van der Waals surface area (Å²) in [4.78, 5) is 12.8. The molecule has 0 amide bonds. The van der Waals surface area contributed by atoms with Gasteiger partial charge in [-0.05, 0) is 35.4 Å². The van der Waals surface area contributed by atoms with Crippen molar-refractivity contribution in [2.24, 2.45) is 10.2 Å². The normalized spacial score (nSPS) is 11.3. The highest BCUT2D eigenvalue weighted by atomic mass is 35.5. The number of aromatic nitrogens is 2. The molecule has 0 aliphatic heterocycles. The fourth-order valence-corrected chi connectivity index (χ4v) is 4.32. The van der Waals surface area contributed by atoms with Gasteiger partial charge in [0.2, 0.25) is 5.95 Å². The summed E-state index contributed by atoms with van der Waals surface area (Å²) in [5.74, 6) is 3.05. The van der Waals surface area contributed by atoms with Gasteiger partial charge in [0.15, 0.2) is 5.82 Å². The molecule has 1 aromatic heterocycles. The Morgan fingerprint density at radius 1 is 0.632 bits per heavy atom. The molecule has 0 aliphatic carbocycles. The molecule has 0 aliphatic rings. The first-order valence-corrected chi connectivity index (χ1v) is 14.2. The molecule has 0 saturated carbocycles. The first kappa shape index (κ1) is 29.8. The fourth-order valence-electron chi connectivity index (χ4n) is 3.50. The molecule has 38 heavy (non-hydrogen) atoms. The number of halogens is 4. The lowest BCUT2D eigenvalue weighted by atomic mass is 10.2. The highest BCUT2D eigenvalue weighted by Gasteiger charge is 2.06. The van der Waals surface area contributed by atoms with Crippen LogP contribution in [0.25, 0.3) is 0 Å². The molecule has 2 N–H and O–H groups in total. The Morgan fingerprint density at radius 2 is 1.08 bits per heavy atom. The number of hydrogen-bond donors (Lipinski definition) is 2. The number of nitrogens with one attached hydrogen (secondary N) is 2. The van der Waals surface area contributed by atoms with E-state index < -0.39 is 0 Å². The van der Waals surface area contributed by atoms with E-state index in [-0.39, 0.29) is 0 Å². The van der Waals surface area contributed by atoms with E-state index in [0.717, 1.165) is 48.7 Å². The van der Waals surface area contributed by atoms with Crippen molar-refractivity contribution >= 4 is 82.0 Å². The van der Waals surface area contributed by atoms with E-state index in [9.17, 15) is 0 Å². The summed E-state index contributed by atoms with van der Waals surface area (Å²) >= 11 is 23.6. The van der Waals surface area contributed by atoms with Gasteiger partial charge in [0.1, 0.15) is 0 Å². The standard InChI is InChI=1S/C26H30Cl4N8/c27-10-15-37(16-11-28)23-5-1-21(2-6-23)19-32-35-25-9-14-31-26(34-25)36-33-20-22-3-7-24(8-4-22)38(17-12-29)18-13-30/h1-9,14,19-20H,10-13,15-18H2,(H2,31,34,35,36)/b32-19+,33-20+. The highest BCUT2D eigenvalue weighted by molar-refractivity contribution is 6.19.